The molecule has 0 aliphatic carbocycles. The van der Waals surface area contributed by atoms with Crippen molar-refractivity contribution in [2.24, 2.45) is 5.92 Å². The average molecular weight is 254 g/mol. The molecule has 2 saturated heterocycles. The molecule has 0 bridgehead atoms. The third-order valence-corrected chi connectivity index (χ3v) is 4.54. The van der Waals surface area contributed by atoms with Crippen molar-refractivity contribution in [3.8, 4) is 0 Å². The summed E-state index contributed by atoms with van der Waals surface area (Å²) in [7, 11) is 0. The molecule has 0 saturated carbocycles. The van der Waals surface area contributed by atoms with Crippen molar-refractivity contribution in [1.29, 1.82) is 0 Å². The van der Waals surface area contributed by atoms with Crippen molar-refractivity contribution < 1.29 is 4.74 Å². The maximum Gasteiger partial charge on any atom is 0.0469 e. The number of rotatable bonds is 4. The summed E-state index contributed by atoms with van der Waals surface area (Å²) in [4.78, 5) is 2.73. The molecule has 2 aliphatic rings. The van der Waals surface area contributed by atoms with Crippen LogP contribution in [-0.4, -0.2) is 49.8 Å². The number of nitrogens with one attached hydrogen (secondary N) is 1. The molecule has 3 heteroatoms. The number of ether oxygens (including phenoxy) is 1. The van der Waals surface area contributed by atoms with E-state index in [1.807, 2.05) is 0 Å². The van der Waals surface area contributed by atoms with Crippen LogP contribution in [0.4, 0.5) is 0 Å². The van der Waals surface area contributed by atoms with Crippen LogP contribution in [0.5, 0.6) is 0 Å². The molecule has 2 fully saturated rings. The number of nitrogens with zero attached hydrogens (tertiary/aromatic N) is 1. The van der Waals surface area contributed by atoms with Gasteiger partial charge >= 0.3 is 0 Å². The van der Waals surface area contributed by atoms with Gasteiger partial charge in [0.05, 0.1) is 0 Å². The van der Waals surface area contributed by atoms with E-state index in [0.29, 0.717) is 6.04 Å². The topological polar surface area (TPSA) is 24.5 Å². The van der Waals surface area contributed by atoms with Crippen molar-refractivity contribution in [1.82, 2.24) is 10.2 Å². The predicted octanol–water partition coefficient (Wildman–Crippen LogP) is 2.27. The fraction of sp³-hybridized carbons (Fsp3) is 1.00. The Kier molecular flexibility index (Phi) is 5.93. The Labute approximate surface area is 112 Å². The minimum Gasteiger partial charge on any atom is -0.381 e. The van der Waals surface area contributed by atoms with Crippen LogP contribution in [0.3, 0.4) is 0 Å². The van der Waals surface area contributed by atoms with Crippen LogP contribution in [0.15, 0.2) is 0 Å². The molecule has 0 amide bonds. The largest absolute Gasteiger partial charge is 0.381 e. The zero-order valence-electron chi connectivity index (χ0n) is 12.2. The summed E-state index contributed by atoms with van der Waals surface area (Å²) in [5.74, 6) is 0.863. The van der Waals surface area contributed by atoms with Crippen molar-refractivity contribution in [2.75, 3.05) is 32.8 Å². The first-order valence-electron chi connectivity index (χ1n) is 7.84. The van der Waals surface area contributed by atoms with E-state index in [0.717, 1.165) is 25.2 Å². The van der Waals surface area contributed by atoms with E-state index >= 15 is 0 Å². The Morgan fingerprint density at radius 3 is 2.72 bits per heavy atom. The standard InChI is InChI=1S/C15H30N2O/c1-3-4-15-12-17(13(2)5-8-16-15)11-14-6-9-18-10-7-14/h13-16H,3-12H2,1-2H3. The molecule has 2 heterocycles. The summed E-state index contributed by atoms with van der Waals surface area (Å²) < 4.78 is 5.47. The minimum absolute atomic E-state index is 0.708. The highest BCUT2D eigenvalue weighted by Gasteiger charge is 2.25. The molecule has 0 aromatic rings. The monoisotopic (exact) mass is 254 g/mol. The Balaban J connectivity index is 1.85. The second-order valence-corrected chi connectivity index (χ2v) is 6.09. The predicted molar refractivity (Wildman–Crippen MR) is 75.9 cm³/mol. The van der Waals surface area contributed by atoms with Crippen LogP contribution in [0, 0.1) is 5.92 Å². The molecule has 3 nitrogen and oxygen atoms in total. The second kappa shape index (κ2) is 7.46. The van der Waals surface area contributed by atoms with Gasteiger partial charge in [0, 0.05) is 38.4 Å². The van der Waals surface area contributed by atoms with E-state index < -0.39 is 0 Å². The van der Waals surface area contributed by atoms with Gasteiger partial charge in [0.25, 0.3) is 0 Å². The lowest BCUT2D eigenvalue weighted by Gasteiger charge is -2.34. The highest BCUT2D eigenvalue weighted by molar-refractivity contribution is 4.82. The Bertz CT molecular complexity index is 229. The van der Waals surface area contributed by atoms with Crippen molar-refractivity contribution in [3.63, 3.8) is 0 Å². The van der Waals surface area contributed by atoms with E-state index in [2.05, 4.69) is 24.1 Å². The van der Waals surface area contributed by atoms with Crippen LogP contribution in [0.25, 0.3) is 0 Å². The van der Waals surface area contributed by atoms with Gasteiger partial charge in [-0.2, -0.15) is 0 Å². The maximum atomic E-state index is 5.47. The first kappa shape index (κ1) is 14.3. The second-order valence-electron chi connectivity index (χ2n) is 6.09. The Morgan fingerprint density at radius 1 is 1.22 bits per heavy atom. The molecule has 2 unspecified atom stereocenters. The first-order chi connectivity index (χ1) is 8.79. The molecule has 18 heavy (non-hydrogen) atoms. The lowest BCUT2D eigenvalue weighted by Crippen LogP contribution is -2.43. The fourth-order valence-corrected chi connectivity index (χ4v) is 3.26. The van der Waals surface area contributed by atoms with Crippen LogP contribution in [-0.2, 0) is 4.74 Å². The molecule has 0 aromatic carbocycles. The van der Waals surface area contributed by atoms with E-state index in [-0.39, 0.29) is 0 Å². The molecular formula is C15H30N2O. The van der Waals surface area contributed by atoms with Gasteiger partial charge in [0.2, 0.25) is 0 Å². The molecule has 2 rings (SSSR count). The van der Waals surface area contributed by atoms with E-state index in [9.17, 15) is 0 Å². The summed E-state index contributed by atoms with van der Waals surface area (Å²) in [6, 6.07) is 1.45. The van der Waals surface area contributed by atoms with Gasteiger partial charge in [-0.1, -0.05) is 13.3 Å². The van der Waals surface area contributed by atoms with Gasteiger partial charge in [-0.15, -0.1) is 0 Å². The molecule has 1 N–H and O–H groups in total. The van der Waals surface area contributed by atoms with Crippen molar-refractivity contribution in [3.05, 3.63) is 0 Å². The average Bonchev–Trinajstić information content (AvgIpc) is 2.54. The SMILES string of the molecule is CCCC1CN(CC2CCOCC2)C(C)CCN1. The third-order valence-electron chi connectivity index (χ3n) is 4.54. The minimum atomic E-state index is 0.708. The summed E-state index contributed by atoms with van der Waals surface area (Å²) in [6.45, 7) is 10.4. The van der Waals surface area contributed by atoms with Gasteiger partial charge in [-0.25, -0.2) is 0 Å². The lowest BCUT2D eigenvalue weighted by atomic mass is 9.98. The molecule has 2 atom stereocenters. The smallest absolute Gasteiger partial charge is 0.0469 e. The number of hydrogen-bond donors (Lipinski definition) is 1. The highest BCUT2D eigenvalue weighted by atomic mass is 16.5. The van der Waals surface area contributed by atoms with Crippen LogP contribution >= 0.6 is 0 Å². The highest BCUT2D eigenvalue weighted by Crippen LogP contribution is 2.20. The maximum absolute atomic E-state index is 5.47. The molecule has 0 spiro atoms. The van der Waals surface area contributed by atoms with Gasteiger partial charge < -0.3 is 10.1 Å². The van der Waals surface area contributed by atoms with Crippen molar-refractivity contribution in [2.45, 2.75) is 58.0 Å². The zero-order valence-corrected chi connectivity index (χ0v) is 12.2. The summed E-state index contributed by atoms with van der Waals surface area (Å²) in [6.07, 6.45) is 6.42. The zero-order chi connectivity index (χ0) is 12.8. The molecule has 2 aliphatic heterocycles. The normalized spacial score (nSPS) is 32.3. The Hall–Kier alpha value is -0.120. The molecule has 106 valence electrons. The van der Waals surface area contributed by atoms with E-state index in [1.165, 1.54) is 51.7 Å². The quantitative estimate of drug-likeness (QED) is 0.833. The van der Waals surface area contributed by atoms with Crippen LogP contribution in [0.1, 0.15) is 46.0 Å². The molecular weight excluding hydrogens is 224 g/mol. The third kappa shape index (κ3) is 4.22. The van der Waals surface area contributed by atoms with E-state index in [1.54, 1.807) is 0 Å². The van der Waals surface area contributed by atoms with Gasteiger partial charge in [-0.05, 0) is 45.1 Å². The Morgan fingerprint density at radius 2 is 2.00 bits per heavy atom. The van der Waals surface area contributed by atoms with Crippen LogP contribution < -0.4 is 5.32 Å². The fourth-order valence-electron chi connectivity index (χ4n) is 3.26. The first-order valence-corrected chi connectivity index (χ1v) is 7.84. The van der Waals surface area contributed by atoms with Crippen molar-refractivity contribution >= 4 is 0 Å². The molecule has 0 radical (unpaired) electrons. The number of hydrogen-bond acceptors (Lipinski definition) is 3. The van der Waals surface area contributed by atoms with Gasteiger partial charge in [0.1, 0.15) is 0 Å². The van der Waals surface area contributed by atoms with Gasteiger partial charge in [0.15, 0.2) is 0 Å². The van der Waals surface area contributed by atoms with Crippen LogP contribution in [0.2, 0.25) is 0 Å². The van der Waals surface area contributed by atoms with Gasteiger partial charge in [-0.3, -0.25) is 4.90 Å². The summed E-state index contributed by atoms with van der Waals surface area (Å²) in [5, 5.41) is 3.71. The lowest BCUT2D eigenvalue weighted by molar-refractivity contribution is 0.0461. The van der Waals surface area contributed by atoms with E-state index in [4.69, 9.17) is 4.74 Å². The summed E-state index contributed by atoms with van der Waals surface area (Å²) in [5.41, 5.74) is 0. The summed E-state index contributed by atoms with van der Waals surface area (Å²) >= 11 is 0. The molecule has 0 aromatic heterocycles.